The monoisotopic (exact) mass is 168 g/mol. The summed E-state index contributed by atoms with van der Waals surface area (Å²) in [6, 6.07) is 1.55. The zero-order valence-corrected chi connectivity index (χ0v) is 6.21. The van der Waals surface area contributed by atoms with Crippen LogP contribution in [0.2, 0.25) is 0 Å². The first-order chi connectivity index (χ1) is 5.27. The molecule has 0 unspecified atom stereocenters. The molecule has 1 N–H and O–H groups in total. The van der Waals surface area contributed by atoms with E-state index in [-0.39, 0.29) is 5.69 Å². The Kier molecular flexibility index (Phi) is 1.19. The van der Waals surface area contributed by atoms with Gasteiger partial charge in [0, 0.05) is 17.6 Å². The average Bonchev–Trinajstić information content (AvgIpc) is 2.40. The van der Waals surface area contributed by atoms with Crippen LogP contribution in [0, 0.1) is 0 Å². The molecule has 0 radical (unpaired) electrons. The minimum absolute atomic E-state index is 0.0943. The molecule has 0 aliphatic heterocycles. The van der Waals surface area contributed by atoms with Gasteiger partial charge >= 0.3 is 5.97 Å². The number of fused-ring (bicyclic) bond motifs is 1. The Labute approximate surface area is 65.7 Å². The van der Waals surface area contributed by atoms with Gasteiger partial charge in [0.1, 0.15) is 4.83 Å². The van der Waals surface area contributed by atoms with Crippen molar-refractivity contribution in [1.29, 1.82) is 0 Å². The Hall–Kier alpha value is -1.36. The summed E-state index contributed by atoms with van der Waals surface area (Å²) in [5, 5.41) is 14.2. The average molecular weight is 168 g/mol. The highest BCUT2D eigenvalue weighted by Gasteiger charge is 2.08. The highest BCUT2D eigenvalue weighted by Crippen LogP contribution is 2.12. The summed E-state index contributed by atoms with van der Waals surface area (Å²) < 4.78 is 1.55. The molecule has 0 bridgehead atoms. The molecule has 2 rings (SSSR count). The van der Waals surface area contributed by atoms with Crippen molar-refractivity contribution in [3.05, 3.63) is 23.3 Å². The smallest absolute Gasteiger partial charge is 0.356 e. The van der Waals surface area contributed by atoms with Gasteiger partial charge in [-0.1, -0.05) is 0 Å². The summed E-state index contributed by atoms with van der Waals surface area (Å²) in [6.07, 6.45) is 1.73. The van der Waals surface area contributed by atoms with Crippen molar-refractivity contribution >= 4 is 22.1 Å². The number of hydrogen-bond acceptors (Lipinski definition) is 3. The van der Waals surface area contributed by atoms with Crippen LogP contribution in [0.15, 0.2) is 17.6 Å². The van der Waals surface area contributed by atoms with Gasteiger partial charge < -0.3 is 5.11 Å². The number of aromatic carboxylic acids is 1. The predicted molar refractivity (Wildman–Crippen MR) is 40.0 cm³/mol. The van der Waals surface area contributed by atoms with Crippen LogP contribution in [-0.2, 0) is 0 Å². The largest absolute Gasteiger partial charge is 0.476 e. The summed E-state index contributed by atoms with van der Waals surface area (Å²) >= 11 is 1.46. The van der Waals surface area contributed by atoms with Crippen molar-refractivity contribution < 1.29 is 9.90 Å². The Morgan fingerprint density at radius 2 is 2.55 bits per heavy atom. The third-order valence-corrected chi connectivity index (χ3v) is 2.12. The molecule has 56 valence electrons. The second-order valence-electron chi connectivity index (χ2n) is 2.02. The number of carbonyl (C=O) groups is 1. The van der Waals surface area contributed by atoms with E-state index in [4.69, 9.17) is 5.11 Å². The molecule has 0 aliphatic carbocycles. The van der Waals surface area contributed by atoms with Crippen LogP contribution in [0.5, 0.6) is 0 Å². The van der Waals surface area contributed by atoms with Crippen molar-refractivity contribution in [2.24, 2.45) is 0 Å². The van der Waals surface area contributed by atoms with Crippen LogP contribution in [0.4, 0.5) is 0 Å². The van der Waals surface area contributed by atoms with E-state index in [0.29, 0.717) is 0 Å². The zero-order valence-electron chi connectivity index (χ0n) is 5.39. The third-order valence-electron chi connectivity index (χ3n) is 1.31. The number of hydrogen-bond donors (Lipinski definition) is 1. The number of aromatic nitrogens is 2. The maximum absolute atomic E-state index is 10.4. The molecule has 0 aliphatic rings. The normalized spacial score (nSPS) is 10.5. The first-order valence-electron chi connectivity index (χ1n) is 2.93. The first-order valence-corrected chi connectivity index (χ1v) is 3.81. The van der Waals surface area contributed by atoms with Crippen LogP contribution in [-0.4, -0.2) is 20.7 Å². The van der Waals surface area contributed by atoms with Crippen molar-refractivity contribution in [3.8, 4) is 0 Å². The van der Waals surface area contributed by atoms with Gasteiger partial charge in [-0.2, -0.15) is 5.10 Å². The molecule has 2 heterocycles. The Morgan fingerprint density at radius 1 is 1.73 bits per heavy atom. The number of rotatable bonds is 1. The van der Waals surface area contributed by atoms with Gasteiger partial charge in [0.15, 0.2) is 5.69 Å². The molecule has 2 aromatic rings. The van der Waals surface area contributed by atoms with Gasteiger partial charge in [0.25, 0.3) is 0 Å². The van der Waals surface area contributed by atoms with E-state index < -0.39 is 5.97 Å². The summed E-state index contributed by atoms with van der Waals surface area (Å²) in [4.78, 5) is 11.2. The Balaban J connectivity index is 2.67. The zero-order chi connectivity index (χ0) is 7.84. The predicted octanol–water partition coefficient (Wildman–Crippen LogP) is 1.09. The molecule has 4 nitrogen and oxygen atoms in total. The van der Waals surface area contributed by atoms with Crippen LogP contribution >= 0.6 is 11.3 Å². The second-order valence-corrected chi connectivity index (χ2v) is 2.95. The maximum atomic E-state index is 10.4. The number of nitrogens with zero attached hydrogens (tertiary/aromatic N) is 2. The SMILES string of the molecule is O=C(O)c1cc2sccn2n1. The first kappa shape index (κ1) is 6.36. The van der Waals surface area contributed by atoms with Gasteiger partial charge in [-0.15, -0.1) is 11.3 Å². The number of carboxylic acid groups (broad SMARTS) is 1. The second kappa shape index (κ2) is 2.06. The van der Waals surface area contributed by atoms with Crippen LogP contribution < -0.4 is 0 Å². The molecular formula is C6H4N2O2S. The summed E-state index contributed by atoms with van der Waals surface area (Å²) in [5.41, 5.74) is 0.0943. The van der Waals surface area contributed by atoms with Crippen molar-refractivity contribution in [2.75, 3.05) is 0 Å². The molecule has 0 atom stereocenters. The molecule has 0 fully saturated rings. The molecule has 2 aromatic heterocycles. The van der Waals surface area contributed by atoms with E-state index in [0.717, 1.165) is 4.83 Å². The topological polar surface area (TPSA) is 54.6 Å². The summed E-state index contributed by atoms with van der Waals surface area (Å²) in [6.45, 7) is 0. The fraction of sp³-hybridized carbons (Fsp3) is 0. The lowest BCUT2D eigenvalue weighted by molar-refractivity contribution is 0.0690. The molecule has 11 heavy (non-hydrogen) atoms. The highest BCUT2D eigenvalue weighted by atomic mass is 32.1. The maximum Gasteiger partial charge on any atom is 0.356 e. The van der Waals surface area contributed by atoms with E-state index in [1.807, 2.05) is 5.38 Å². The highest BCUT2D eigenvalue weighted by molar-refractivity contribution is 7.15. The van der Waals surface area contributed by atoms with Crippen molar-refractivity contribution in [2.45, 2.75) is 0 Å². The van der Waals surface area contributed by atoms with Crippen molar-refractivity contribution in [1.82, 2.24) is 9.61 Å². The van der Waals surface area contributed by atoms with Gasteiger partial charge in [-0.3, -0.25) is 0 Å². The molecule has 0 saturated carbocycles. The molecule has 0 aromatic carbocycles. The summed E-state index contributed by atoms with van der Waals surface area (Å²) in [5.74, 6) is -0.985. The Morgan fingerprint density at radius 3 is 3.18 bits per heavy atom. The molecular weight excluding hydrogens is 164 g/mol. The lowest BCUT2D eigenvalue weighted by Gasteiger charge is -1.79. The lowest BCUT2D eigenvalue weighted by Crippen LogP contribution is -1.96. The summed E-state index contributed by atoms with van der Waals surface area (Å²) in [7, 11) is 0. The third kappa shape index (κ3) is 0.894. The molecule has 5 heteroatoms. The van der Waals surface area contributed by atoms with Gasteiger partial charge in [-0.05, 0) is 0 Å². The van der Waals surface area contributed by atoms with Gasteiger partial charge in [-0.25, -0.2) is 9.31 Å². The van der Waals surface area contributed by atoms with Crippen molar-refractivity contribution in [3.63, 3.8) is 0 Å². The van der Waals surface area contributed by atoms with E-state index in [1.54, 1.807) is 16.8 Å². The minimum Gasteiger partial charge on any atom is -0.476 e. The fourth-order valence-corrected chi connectivity index (χ4v) is 1.54. The molecule has 0 amide bonds. The fourth-order valence-electron chi connectivity index (χ4n) is 0.834. The van der Waals surface area contributed by atoms with Gasteiger partial charge in [0.05, 0.1) is 0 Å². The quantitative estimate of drug-likeness (QED) is 0.693. The van der Waals surface area contributed by atoms with E-state index in [2.05, 4.69) is 5.10 Å². The number of thiazole rings is 1. The molecule has 0 spiro atoms. The van der Waals surface area contributed by atoms with Gasteiger partial charge in [0.2, 0.25) is 0 Å². The molecule has 0 saturated heterocycles. The standard InChI is InChI=1S/C6H4N2O2S/c9-6(10)4-3-5-8(7-4)1-2-11-5/h1-3H,(H,9,10). The number of carboxylic acids is 1. The van der Waals surface area contributed by atoms with E-state index in [9.17, 15) is 4.79 Å². The Bertz CT molecular complexity index is 375. The van der Waals surface area contributed by atoms with Crippen LogP contribution in [0.1, 0.15) is 10.5 Å². The lowest BCUT2D eigenvalue weighted by atomic mass is 10.5. The van der Waals surface area contributed by atoms with E-state index >= 15 is 0 Å². The van der Waals surface area contributed by atoms with Crippen LogP contribution in [0.25, 0.3) is 4.83 Å². The van der Waals surface area contributed by atoms with E-state index in [1.165, 1.54) is 11.3 Å². The van der Waals surface area contributed by atoms with Crippen LogP contribution in [0.3, 0.4) is 0 Å². The minimum atomic E-state index is -0.985.